The van der Waals surface area contributed by atoms with Crippen LogP contribution in [0.1, 0.15) is 15.9 Å². The van der Waals surface area contributed by atoms with Gasteiger partial charge in [0.15, 0.2) is 0 Å². The fraction of sp³-hybridized carbons (Fsp3) is 0. The molecule has 4 rings (SSSR count). The number of nitro groups is 1. The summed E-state index contributed by atoms with van der Waals surface area (Å²) in [6.07, 6.45) is 4.78. The quantitative estimate of drug-likeness (QED) is 0.311. The number of fused-ring (bicyclic) bond motifs is 1. The molecule has 0 aliphatic rings. The van der Waals surface area contributed by atoms with Gasteiger partial charge in [0.2, 0.25) is 0 Å². The average Bonchev–Trinajstić information content (AvgIpc) is 2.79. The highest BCUT2D eigenvalue weighted by Crippen LogP contribution is 2.24. The van der Waals surface area contributed by atoms with E-state index in [1.54, 1.807) is 36.7 Å². The van der Waals surface area contributed by atoms with Crippen molar-refractivity contribution in [3.63, 3.8) is 0 Å². The topological polar surface area (TPSA) is 110 Å². The Kier molecular flexibility index (Phi) is 5.21. The Morgan fingerprint density at radius 2 is 1.87 bits per heavy atom. The number of para-hydroxylation sites is 1. The first-order valence-corrected chi connectivity index (χ1v) is 9.00. The summed E-state index contributed by atoms with van der Waals surface area (Å²) < 4.78 is 0. The molecule has 0 aliphatic carbocycles. The Morgan fingerprint density at radius 3 is 2.60 bits per heavy atom. The average molecular weight is 397 g/mol. The molecule has 0 bridgehead atoms. The number of nitrogens with zero attached hydrogens (tertiary/aromatic N) is 4. The lowest BCUT2D eigenvalue weighted by Gasteiger charge is -2.08. The molecule has 0 saturated carbocycles. The van der Waals surface area contributed by atoms with Crippen molar-refractivity contribution in [2.75, 3.05) is 0 Å². The van der Waals surface area contributed by atoms with Crippen LogP contribution in [-0.4, -0.2) is 27.0 Å². The summed E-state index contributed by atoms with van der Waals surface area (Å²) in [5, 5.41) is 15.4. The number of rotatable bonds is 5. The van der Waals surface area contributed by atoms with Crippen LogP contribution in [-0.2, 0) is 0 Å². The van der Waals surface area contributed by atoms with Crippen molar-refractivity contribution in [3.05, 3.63) is 100 Å². The summed E-state index contributed by atoms with van der Waals surface area (Å²) in [4.78, 5) is 31.8. The van der Waals surface area contributed by atoms with Crippen molar-refractivity contribution in [1.82, 2.24) is 15.4 Å². The molecule has 30 heavy (non-hydrogen) atoms. The van der Waals surface area contributed by atoms with Gasteiger partial charge in [0, 0.05) is 35.5 Å². The zero-order chi connectivity index (χ0) is 20.9. The largest absolute Gasteiger partial charge is 0.272 e. The van der Waals surface area contributed by atoms with E-state index in [2.05, 4.69) is 20.5 Å². The second-order valence-corrected chi connectivity index (χ2v) is 6.36. The molecular formula is C22H15N5O3. The summed E-state index contributed by atoms with van der Waals surface area (Å²) in [5.74, 6) is -0.392. The van der Waals surface area contributed by atoms with Gasteiger partial charge in [0.25, 0.3) is 11.6 Å². The highest BCUT2D eigenvalue weighted by atomic mass is 16.6. The van der Waals surface area contributed by atoms with E-state index >= 15 is 0 Å². The van der Waals surface area contributed by atoms with E-state index in [0.717, 1.165) is 5.56 Å². The van der Waals surface area contributed by atoms with Gasteiger partial charge >= 0.3 is 0 Å². The Balaban J connectivity index is 1.61. The number of benzene rings is 2. The first-order chi connectivity index (χ1) is 14.6. The first kappa shape index (κ1) is 18.9. The molecule has 146 valence electrons. The van der Waals surface area contributed by atoms with Gasteiger partial charge in [0.1, 0.15) is 0 Å². The molecule has 8 heteroatoms. The Hall–Kier alpha value is -4.46. The Morgan fingerprint density at radius 1 is 1.07 bits per heavy atom. The van der Waals surface area contributed by atoms with E-state index in [1.807, 2.05) is 30.3 Å². The zero-order valence-electron chi connectivity index (χ0n) is 15.6. The third-order valence-corrected chi connectivity index (χ3v) is 4.40. The predicted molar refractivity (Wildman–Crippen MR) is 113 cm³/mol. The number of nitro benzene ring substituents is 1. The molecule has 0 saturated heterocycles. The van der Waals surface area contributed by atoms with Gasteiger partial charge < -0.3 is 0 Å². The van der Waals surface area contributed by atoms with Gasteiger partial charge in [-0.05, 0) is 42.0 Å². The molecule has 4 aromatic rings. The van der Waals surface area contributed by atoms with E-state index in [4.69, 9.17) is 0 Å². The molecule has 0 aliphatic heterocycles. The molecule has 1 amide bonds. The summed E-state index contributed by atoms with van der Waals surface area (Å²) in [5.41, 5.74) is 5.66. The molecular weight excluding hydrogens is 382 g/mol. The zero-order valence-corrected chi connectivity index (χ0v) is 15.6. The van der Waals surface area contributed by atoms with E-state index in [9.17, 15) is 14.9 Å². The number of carbonyl (C=O) groups is 1. The van der Waals surface area contributed by atoms with E-state index < -0.39 is 10.8 Å². The van der Waals surface area contributed by atoms with Crippen LogP contribution in [0.5, 0.6) is 0 Å². The maximum absolute atomic E-state index is 12.8. The number of hydrogen-bond donors (Lipinski definition) is 1. The van der Waals surface area contributed by atoms with E-state index in [1.165, 1.54) is 18.3 Å². The van der Waals surface area contributed by atoms with Gasteiger partial charge in [-0.15, -0.1) is 0 Å². The maximum atomic E-state index is 12.8. The molecule has 0 radical (unpaired) electrons. The SMILES string of the molecule is O=C(N/N=C\c1ccc([N+](=O)[O-])cc1)c1cc(-c2cccnc2)nc2ccccc12. The van der Waals surface area contributed by atoms with Crippen molar-refractivity contribution in [2.24, 2.45) is 5.10 Å². The third-order valence-electron chi connectivity index (χ3n) is 4.40. The molecule has 2 aromatic heterocycles. The van der Waals surface area contributed by atoms with Crippen molar-refractivity contribution in [2.45, 2.75) is 0 Å². The molecule has 0 fully saturated rings. The summed E-state index contributed by atoms with van der Waals surface area (Å²) in [7, 11) is 0. The number of nitrogens with one attached hydrogen (secondary N) is 1. The van der Waals surface area contributed by atoms with Crippen LogP contribution in [0.3, 0.4) is 0 Å². The highest BCUT2D eigenvalue weighted by Gasteiger charge is 2.13. The minimum absolute atomic E-state index is 0.0117. The standard InChI is InChI=1S/C22H15N5O3/c28-22(26-24-13-15-7-9-17(10-8-15)27(29)30)19-12-21(16-4-3-11-23-14-16)25-20-6-2-1-5-18(19)20/h1-14H,(H,26,28)/b24-13-. The number of non-ortho nitro benzene ring substituents is 1. The Labute approximate surface area is 171 Å². The van der Waals surface area contributed by atoms with Crippen LogP contribution in [0, 0.1) is 10.1 Å². The molecule has 8 nitrogen and oxygen atoms in total. The molecule has 0 unspecified atom stereocenters. The normalized spacial score (nSPS) is 10.9. The summed E-state index contributed by atoms with van der Waals surface area (Å²) in [6.45, 7) is 0. The number of amides is 1. The molecule has 2 heterocycles. The summed E-state index contributed by atoms with van der Waals surface area (Å²) in [6, 6.07) is 18.6. The van der Waals surface area contributed by atoms with E-state index in [0.29, 0.717) is 27.7 Å². The second-order valence-electron chi connectivity index (χ2n) is 6.36. The number of pyridine rings is 2. The van der Waals surface area contributed by atoms with Crippen LogP contribution >= 0.6 is 0 Å². The van der Waals surface area contributed by atoms with Crippen molar-refractivity contribution in [3.8, 4) is 11.3 Å². The van der Waals surface area contributed by atoms with Crippen molar-refractivity contribution >= 4 is 28.7 Å². The van der Waals surface area contributed by atoms with Crippen LogP contribution in [0.15, 0.2) is 84.2 Å². The minimum atomic E-state index is -0.475. The predicted octanol–water partition coefficient (Wildman–Crippen LogP) is 3.97. The molecule has 0 spiro atoms. The monoisotopic (exact) mass is 397 g/mol. The maximum Gasteiger partial charge on any atom is 0.272 e. The third kappa shape index (κ3) is 4.02. The van der Waals surface area contributed by atoms with Crippen molar-refractivity contribution in [1.29, 1.82) is 0 Å². The molecule has 1 N–H and O–H groups in total. The van der Waals surface area contributed by atoms with Crippen molar-refractivity contribution < 1.29 is 9.72 Å². The second kappa shape index (κ2) is 8.27. The smallest absolute Gasteiger partial charge is 0.267 e. The number of aromatic nitrogens is 2. The van der Waals surface area contributed by atoms with Gasteiger partial charge in [0.05, 0.1) is 27.9 Å². The van der Waals surface area contributed by atoms with Gasteiger partial charge in [-0.3, -0.25) is 19.9 Å². The number of carbonyl (C=O) groups excluding carboxylic acids is 1. The van der Waals surface area contributed by atoms with E-state index in [-0.39, 0.29) is 5.69 Å². The lowest BCUT2D eigenvalue weighted by molar-refractivity contribution is -0.384. The fourth-order valence-electron chi connectivity index (χ4n) is 2.93. The lowest BCUT2D eigenvalue weighted by atomic mass is 10.0. The first-order valence-electron chi connectivity index (χ1n) is 9.00. The minimum Gasteiger partial charge on any atom is -0.267 e. The highest BCUT2D eigenvalue weighted by molar-refractivity contribution is 6.07. The fourth-order valence-corrected chi connectivity index (χ4v) is 2.93. The Bertz CT molecular complexity index is 1260. The number of hydrogen-bond acceptors (Lipinski definition) is 6. The van der Waals surface area contributed by atoms with Gasteiger partial charge in [-0.1, -0.05) is 18.2 Å². The molecule has 0 atom stereocenters. The van der Waals surface area contributed by atoms with Crippen LogP contribution in [0.2, 0.25) is 0 Å². The molecule has 2 aromatic carbocycles. The number of hydrazone groups is 1. The van der Waals surface area contributed by atoms with Crippen LogP contribution in [0.4, 0.5) is 5.69 Å². The van der Waals surface area contributed by atoms with Crippen LogP contribution in [0.25, 0.3) is 22.2 Å². The van der Waals surface area contributed by atoms with Gasteiger partial charge in [-0.25, -0.2) is 10.4 Å². The summed E-state index contributed by atoms with van der Waals surface area (Å²) >= 11 is 0. The van der Waals surface area contributed by atoms with Crippen LogP contribution < -0.4 is 5.43 Å². The van der Waals surface area contributed by atoms with Gasteiger partial charge in [-0.2, -0.15) is 5.10 Å². The lowest BCUT2D eigenvalue weighted by Crippen LogP contribution is -2.18.